The number of cyclic esters (lactones) is 1. The van der Waals surface area contributed by atoms with Crippen LogP contribution in [0.1, 0.15) is 58.3 Å². The third kappa shape index (κ3) is 2.87. The van der Waals surface area contributed by atoms with Crippen LogP contribution in [0.5, 0.6) is 0 Å². The Morgan fingerprint density at radius 1 is 1.19 bits per heavy atom. The van der Waals surface area contributed by atoms with E-state index in [1.807, 2.05) is 0 Å². The van der Waals surface area contributed by atoms with Gasteiger partial charge in [-0.15, -0.1) is 0 Å². The Kier molecular flexibility index (Phi) is 4.03. The van der Waals surface area contributed by atoms with Crippen molar-refractivity contribution in [1.82, 2.24) is 0 Å². The van der Waals surface area contributed by atoms with Crippen LogP contribution in [0.25, 0.3) is 0 Å². The monoisotopic (exact) mass is 222 g/mol. The summed E-state index contributed by atoms with van der Waals surface area (Å²) in [7, 11) is 0. The molecule has 0 bridgehead atoms. The number of hydrogen-bond acceptors (Lipinski definition) is 2. The van der Waals surface area contributed by atoms with Gasteiger partial charge in [-0.1, -0.05) is 18.1 Å². The topological polar surface area (TPSA) is 26.3 Å². The molecule has 0 aromatic carbocycles. The number of esters is 1. The Balaban J connectivity index is 2.11. The number of carbonyl (C=O) groups excluding carboxylic acids is 1. The maximum Gasteiger partial charge on any atom is 0.306 e. The van der Waals surface area contributed by atoms with Gasteiger partial charge >= 0.3 is 5.97 Å². The standard InChI is InChI=1S/C14H22O2/c1-11-13-9-6-5-8-12(13)7-3-2-4-10-14(15)16-11/h7,11,13H,2-6,8-10H2,1H3/b12-7-/t11-,13-/m1/s1. The van der Waals surface area contributed by atoms with Gasteiger partial charge in [-0.3, -0.25) is 4.79 Å². The first kappa shape index (κ1) is 11.7. The molecule has 1 aliphatic heterocycles. The summed E-state index contributed by atoms with van der Waals surface area (Å²) in [5.74, 6) is 0.495. The van der Waals surface area contributed by atoms with Crippen molar-refractivity contribution < 1.29 is 9.53 Å². The normalized spacial score (nSPS) is 35.6. The molecule has 16 heavy (non-hydrogen) atoms. The highest BCUT2D eigenvalue weighted by Crippen LogP contribution is 2.34. The average molecular weight is 222 g/mol. The summed E-state index contributed by atoms with van der Waals surface area (Å²) in [4.78, 5) is 11.5. The zero-order chi connectivity index (χ0) is 11.4. The number of hydrogen-bond donors (Lipinski definition) is 0. The summed E-state index contributed by atoms with van der Waals surface area (Å²) in [6.45, 7) is 2.06. The molecule has 1 saturated carbocycles. The predicted molar refractivity (Wildman–Crippen MR) is 64.1 cm³/mol. The molecule has 1 heterocycles. The minimum Gasteiger partial charge on any atom is -0.462 e. The predicted octanol–water partition coefficient (Wildman–Crippen LogP) is 3.61. The SMILES string of the molecule is C[C@H]1OC(=O)CCCC/C=C2/CCCC[C@@H]21. The molecule has 0 N–H and O–H groups in total. The fourth-order valence-electron chi connectivity index (χ4n) is 2.90. The van der Waals surface area contributed by atoms with E-state index in [1.54, 1.807) is 5.57 Å². The van der Waals surface area contributed by atoms with Crippen molar-refractivity contribution in [3.63, 3.8) is 0 Å². The van der Waals surface area contributed by atoms with Gasteiger partial charge in [0.05, 0.1) is 0 Å². The summed E-state index contributed by atoms with van der Waals surface area (Å²) >= 11 is 0. The van der Waals surface area contributed by atoms with Gasteiger partial charge in [-0.05, 0) is 45.4 Å². The van der Waals surface area contributed by atoms with Gasteiger partial charge in [0.1, 0.15) is 6.10 Å². The van der Waals surface area contributed by atoms with Crippen LogP contribution in [0.2, 0.25) is 0 Å². The van der Waals surface area contributed by atoms with E-state index in [1.165, 1.54) is 25.7 Å². The second-order valence-corrected chi connectivity index (χ2v) is 5.07. The highest BCUT2D eigenvalue weighted by Gasteiger charge is 2.27. The number of rotatable bonds is 0. The van der Waals surface area contributed by atoms with Gasteiger partial charge in [0.15, 0.2) is 0 Å². The van der Waals surface area contributed by atoms with Crippen LogP contribution in [0.4, 0.5) is 0 Å². The largest absolute Gasteiger partial charge is 0.462 e. The molecule has 2 nitrogen and oxygen atoms in total. The third-order valence-electron chi connectivity index (χ3n) is 3.83. The highest BCUT2D eigenvalue weighted by atomic mass is 16.5. The van der Waals surface area contributed by atoms with Crippen LogP contribution in [0, 0.1) is 5.92 Å². The van der Waals surface area contributed by atoms with E-state index in [9.17, 15) is 4.79 Å². The smallest absolute Gasteiger partial charge is 0.306 e. The second-order valence-electron chi connectivity index (χ2n) is 5.07. The molecule has 2 aliphatic rings. The maximum atomic E-state index is 11.5. The first-order chi connectivity index (χ1) is 7.77. The fourth-order valence-corrected chi connectivity index (χ4v) is 2.90. The molecule has 0 aromatic rings. The third-order valence-corrected chi connectivity index (χ3v) is 3.83. The van der Waals surface area contributed by atoms with E-state index in [4.69, 9.17) is 4.74 Å². The molecule has 2 rings (SSSR count). The first-order valence-corrected chi connectivity index (χ1v) is 6.66. The van der Waals surface area contributed by atoms with Gasteiger partial charge in [0.2, 0.25) is 0 Å². The van der Waals surface area contributed by atoms with Crippen molar-refractivity contribution in [3.05, 3.63) is 11.6 Å². The Bertz CT molecular complexity index is 280. The summed E-state index contributed by atoms with van der Waals surface area (Å²) in [6.07, 6.45) is 11.3. The lowest BCUT2D eigenvalue weighted by atomic mass is 9.80. The molecular weight excluding hydrogens is 200 g/mol. The van der Waals surface area contributed by atoms with Gasteiger partial charge in [0.25, 0.3) is 0 Å². The molecule has 0 radical (unpaired) electrons. The number of fused-ring (bicyclic) bond motifs is 1. The van der Waals surface area contributed by atoms with Crippen LogP contribution in [-0.4, -0.2) is 12.1 Å². The van der Waals surface area contributed by atoms with Gasteiger partial charge in [-0.2, -0.15) is 0 Å². The molecule has 2 heteroatoms. The Hall–Kier alpha value is -0.790. The molecule has 1 fully saturated rings. The molecule has 90 valence electrons. The lowest BCUT2D eigenvalue weighted by Crippen LogP contribution is -2.28. The number of ether oxygens (including phenoxy) is 1. The van der Waals surface area contributed by atoms with Crippen LogP contribution >= 0.6 is 0 Å². The lowest BCUT2D eigenvalue weighted by molar-refractivity contribution is -0.150. The molecular formula is C14H22O2. The van der Waals surface area contributed by atoms with Crippen LogP contribution in [0.3, 0.4) is 0 Å². The molecule has 1 aliphatic carbocycles. The van der Waals surface area contributed by atoms with E-state index in [2.05, 4.69) is 13.0 Å². The van der Waals surface area contributed by atoms with Gasteiger partial charge in [0, 0.05) is 12.3 Å². The Labute approximate surface area is 98.1 Å². The lowest BCUT2D eigenvalue weighted by Gasteiger charge is -2.31. The minimum absolute atomic E-state index is 0.000626. The summed E-state index contributed by atoms with van der Waals surface area (Å²) in [5, 5.41) is 0. The molecule has 0 saturated heterocycles. The van der Waals surface area contributed by atoms with Crippen molar-refractivity contribution in [2.45, 2.75) is 64.4 Å². The van der Waals surface area contributed by atoms with Crippen molar-refractivity contribution >= 4 is 5.97 Å². The molecule has 0 aromatic heterocycles. The number of carbonyl (C=O) groups is 1. The van der Waals surface area contributed by atoms with E-state index >= 15 is 0 Å². The van der Waals surface area contributed by atoms with Crippen LogP contribution in [0.15, 0.2) is 11.6 Å². The van der Waals surface area contributed by atoms with Crippen molar-refractivity contribution in [3.8, 4) is 0 Å². The van der Waals surface area contributed by atoms with Gasteiger partial charge < -0.3 is 4.74 Å². The molecule has 0 unspecified atom stereocenters. The van der Waals surface area contributed by atoms with Crippen molar-refractivity contribution in [2.24, 2.45) is 5.92 Å². The van der Waals surface area contributed by atoms with Crippen molar-refractivity contribution in [1.29, 1.82) is 0 Å². The molecule has 0 amide bonds. The minimum atomic E-state index is -0.000626. The fraction of sp³-hybridized carbons (Fsp3) is 0.786. The molecule has 2 atom stereocenters. The van der Waals surface area contributed by atoms with E-state index in [0.717, 1.165) is 19.3 Å². The van der Waals surface area contributed by atoms with Crippen LogP contribution < -0.4 is 0 Å². The summed E-state index contributed by atoms with van der Waals surface area (Å²) < 4.78 is 5.52. The Morgan fingerprint density at radius 3 is 2.88 bits per heavy atom. The second kappa shape index (κ2) is 5.51. The van der Waals surface area contributed by atoms with Crippen LogP contribution in [-0.2, 0) is 9.53 Å². The van der Waals surface area contributed by atoms with Crippen molar-refractivity contribution in [2.75, 3.05) is 0 Å². The van der Waals surface area contributed by atoms with Gasteiger partial charge in [-0.25, -0.2) is 0 Å². The zero-order valence-electron chi connectivity index (χ0n) is 10.2. The Morgan fingerprint density at radius 2 is 2.00 bits per heavy atom. The summed E-state index contributed by atoms with van der Waals surface area (Å²) in [5.41, 5.74) is 1.55. The van der Waals surface area contributed by atoms with E-state index in [-0.39, 0.29) is 12.1 Å². The quantitative estimate of drug-likeness (QED) is 0.462. The number of allylic oxidation sites excluding steroid dienone is 1. The highest BCUT2D eigenvalue weighted by molar-refractivity contribution is 5.69. The van der Waals surface area contributed by atoms with E-state index in [0.29, 0.717) is 12.3 Å². The average Bonchev–Trinajstić information content (AvgIpc) is 2.28. The summed E-state index contributed by atoms with van der Waals surface area (Å²) in [6, 6.07) is 0. The zero-order valence-corrected chi connectivity index (χ0v) is 10.2. The maximum absolute atomic E-state index is 11.5. The van der Waals surface area contributed by atoms with E-state index < -0.39 is 0 Å². The first-order valence-electron chi connectivity index (χ1n) is 6.66. The molecule has 0 spiro atoms.